The summed E-state index contributed by atoms with van der Waals surface area (Å²) in [7, 11) is 0. The minimum absolute atomic E-state index is 0.135. The largest absolute Gasteiger partial charge is 0.508 e. The van der Waals surface area contributed by atoms with Crippen molar-refractivity contribution in [3.05, 3.63) is 65.2 Å². The Morgan fingerprint density at radius 3 is 2.44 bits per heavy atom. The first kappa shape index (κ1) is 9.20. The monoisotopic (exact) mass is 352 g/mol. The second-order valence-electron chi connectivity index (χ2n) is 5.89. The number of hydrogen-bond acceptors (Lipinski definition) is 3. The lowest BCUT2D eigenvalue weighted by molar-refractivity contribution is 0.170. The third-order valence-electron chi connectivity index (χ3n) is 4.17. The van der Waals surface area contributed by atoms with Crippen LogP contribution in [0.4, 0.5) is 0 Å². The zero-order valence-electron chi connectivity index (χ0n) is 25.2. The van der Waals surface area contributed by atoms with Gasteiger partial charge in [-0.3, -0.25) is 4.90 Å². The van der Waals surface area contributed by atoms with Gasteiger partial charge in [-0.1, -0.05) is 36.4 Å². The molecule has 0 radical (unpaired) electrons. The maximum Gasteiger partial charge on any atom is 0.119 e. The van der Waals surface area contributed by atoms with Crippen LogP contribution in [0.1, 0.15) is 71.6 Å². The maximum absolute atomic E-state index is 10.6. The van der Waals surface area contributed by atoms with Gasteiger partial charge < -0.3 is 10.2 Å². The van der Waals surface area contributed by atoms with Crippen molar-refractivity contribution in [1.82, 2.24) is 4.90 Å². The van der Waals surface area contributed by atoms with Crippen LogP contribution in [0, 0.1) is 0 Å². The normalized spacial score (nSPS) is 23.7. The van der Waals surface area contributed by atoms with Gasteiger partial charge in [0.1, 0.15) is 5.75 Å². The minimum Gasteiger partial charge on any atom is -0.508 e. The van der Waals surface area contributed by atoms with Crippen LogP contribution in [-0.2, 0) is 6.61 Å². The highest BCUT2D eigenvalue weighted by Crippen LogP contribution is 2.35. The molecule has 0 aromatic heterocycles. The third-order valence-corrected chi connectivity index (χ3v) is 4.17. The molecule has 0 aliphatic rings. The molecule has 25 heavy (non-hydrogen) atoms. The molecular formula is C22H31NO2. The molecule has 0 aliphatic heterocycles. The number of benzene rings is 2. The fourth-order valence-electron chi connectivity index (χ4n) is 2.87. The van der Waals surface area contributed by atoms with E-state index >= 15 is 0 Å². The Morgan fingerprint density at radius 1 is 1.08 bits per heavy atom. The van der Waals surface area contributed by atoms with E-state index in [1.54, 1.807) is 36.4 Å². The fraction of sp³-hybridized carbons (Fsp3) is 0.455. The van der Waals surface area contributed by atoms with Crippen LogP contribution in [0.3, 0.4) is 0 Å². The number of phenols is 1. The van der Waals surface area contributed by atoms with Gasteiger partial charge in [0.25, 0.3) is 0 Å². The fourth-order valence-corrected chi connectivity index (χ4v) is 2.87. The van der Waals surface area contributed by atoms with E-state index in [0.717, 1.165) is 6.92 Å². The van der Waals surface area contributed by atoms with E-state index in [9.17, 15) is 10.2 Å². The van der Waals surface area contributed by atoms with Gasteiger partial charge >= 0.3 is 0 Å². The number of aliphatic hydroxyl groups is 1. The molecule has 0 bridgehead atoms. The molecule has 0 aliphatic carbocycles. The van der Waals surface area contributed by atoms with Crippen LogP contribution in [0.2, 0.25) is 0 Å². The van der Waals surface area contributed by atoms with Crippen LogP contribution in [-0.4, -0.2) is 33.7 Å². The summed E-state index contributed by atoms with van der Waals surface area (Å²) in [4.78, 5) is 0.413. The van der Waals surface area contributed by atoms with Crippen LogP contribution in [0.5, 0.6) is 5.75 Å². The number of nitrogens with zero attached hydrogens (tertiary/aromatic N) is 1. The minimum atomic E-state index is -3.49. The van der Waals surface area contributed by atoms with E-state index in [2.05, 4.69) is 0 Å². The topological polar surface area (TPSA) is 43.7 Å². The Bertz CT molecular complexity index is 1000. The SMILES string of the molecule is [2H]C([2H])([2H])C([2H])(C)N(CC[C@H](c1ccccc1)c1cc(CO)ccc1O)C([2H])(C([2H])([2H])[2H])C([2H])([2H])[2H]. The summed E-state index contributed by atoms with van der Waals surface area (Å²) in [6.45, 7) is -10.2. The molecule has 1 unspecified atom stereocenters. The smallest absolute Gasteiger partial charge is 0.119 e. The molecule has 0 amide bonds. The van der Waals surface area contributed by atoms with Crippen molar-refractivity contribution < 1.29 is 25.3 Å². The standard InChI is InChI=1S/C22H31NO2/c1-16(2)23(17(3)4)13-12-20(19-8-6-5-7-9-19)21-14-18(15-24)10-11-22(21)25/h5-11,14,16-17,20,24-25H,12-13,15H2,1-4H3/t20-/m1/s1/i1D3,2D3,3D3,16D,17D/t17?,20-. The summed E-state index contributed by atoms with van der Waals surface area (Å²) >= 11 is 0. The number of hydrogen-bond donors (Lipinski definition) is 2. The zero-order chi connectivity index (χ0) is 27.7. The lowest BCUT2D eigenvalue weighted by Crippen LogP contribution is -2.38. The predicted molar refractivity (Wildman–Crippen MR) is 104 cm³/mol. The molecule has 2 aromatic rings. The molecule has 0 saturated heterocycles. The lowest BCUT2D eigenvalue weighted by atomic mass is 9.86. The highest BCUT2D eigenvalue weighted by atomic mass is 16.3. The first-order chi connectivity index (χ1) is 16.3. The summed E-state index contributed by atoms with van der Waals surface area (Å²) in [6.07, 6.45) is -0.135. The van der Waals surface area contributed by atoms with Crippen molar-refractivity contribution in [3.63, 3.8) is 0 Å². The highest BCUT2D eigenvalue weighted by molar-refractivity contribution is 5.43. The van der Waals surface area contributed by atoms with Gasteiger partial charge in [-0.15, -0.1) is 0 Å². The molecule has 2 N–H and O–H groups in total. The van der Waals surface area contributed by atoms with Crippen molar-refractivity contribution in [1.29, 1.82) is 0 Å². The molecule has 0 spiro atoms. The van der Waals surface area contributed by atoms with Crippen molar-refractivity contribution >= 4 is 0 Å². The average molecular weight is 353 g/mol. The molecular weight excluding hydrogens is 310 g/mol. The number of phenolic OH excluding ortho intramolecular Hbond substituents is 1. The third kappa shape index (κ3) is 5.07. The molecule has 2 rings (SSSR count). The Morgan fingerprint density at radius 2 is 1.80 bits per heavy atom. The molecule has 3 heteroatoms. The van der Waals surface area contributed by atoms with Crippen LogP contribution in [0.15, 0.2) is 48.5 Å². The van der Waals surface area contributed by atoms with Gasteiger partial charge in [0.2, 0.25) is 0 Å². The first-order valence-electron chi connectivity index (χ1n) is 13.5. The molecule has 2 atom stereocenters. The summed E-state index contributed by atoms with van der Waals surface area (Å²) < 4.78 is 87.9. The van der Waals surface area contributed by atoms with Crippen molar-refractivity contribution in [2.75, 3.05) is 6.54 Å². The van der Waals surface area contributed by atoms with E-state index in [1.165, 1.54) is 12.1 Å². The van der Waals surface area contributed by atoms with E-state index < -0.39 is 45.1 Å². The Hall–Kier alpha value is -1.84. The van der Waals surface area contributed by atoms with Crippen LogP contribution >= 0.6 is 0 Å². The summed E-state index contributed by atoms with van der Waals surface area (Å²) in [6, 6.07) is 6.93. The van der Waals surface area contributed by atoms with Gasteiger partial charge in [0.05, 0.1) is 6.61 Å². The zero-order valence-corrected chi connectivity index (χ0v) is 14.2. The molecule has 2 aromatic carbocycles. The second-order valence-corrected chi connectivity index (χ2v) is 5.89. The van der Waals surface area contributed by atoms with E-state index in [1.807, 2.05) is 0 Å². The number of aromatic hydroxyl groups is 1. The first-order valence-corrected chi connectivity index (χ1v) is 8.04. The average Bonchev–Trinajstić information content (AvgIpc) is 2.75. The number of rotatable bonds is 8. The van der Waals surface area contributed by atoms with E-state index in [-0.39, 0.29) is 18.8 Å². The Balaban J connectivity index is 2.70. The van der Waals surface area contributed by atoms with Crippen molar-refractivity contribution in [3.8, 4) is 5.75 Å². The Labute approximate surface area is 167 Å². The molecule has 0 heterocycles. The lowest BCUT2D eigenvalue weighted by Gasteiger charge is -2.32. The van der Waals surface area contributed by atoms with E-state index in [4.69, 9.17) is 15.1 Å². The van der Waals surface area contributed by atoms with Gasteiger partial charge in [-0.2, -0.15) is 0 Å². The molecule has 0 fully saturated rings. The molecule has 3 nitrogen and oxygen atoms in total. The van der Waals surface area contributed by atoms with E-state index in [0.29, 0.717) is 21.6 Å². The number of aliphatic hydroxyl groups excluding tert-OH is 1. The van der Waals surface area contributed by atoms with Crippen LogP contribution < -0.4 is 0 Å². The van der Waals surface area contributed by atoms with Gasteiger partial charge in [-0.25, -0.2) is 0 Å². The quantitative estimate of drug-likeness (QED) is 0.734. The summed E-state index contributed by atoms with van der Waals surface area (Å²) in [5.74, 6) is -0.842. The molecule has 136 valence electrons. The second kappa shape index (κ2) is 9.02. The highest BCUT2D eigenvalue weighted by Gasteiger charge is 2.21. The maximum atomic E-state index is 10.6. The summed E-state index contributed by atoms with van der Waals surface area (Å²) in [5.41, 5.74) is 1.46. The van der Waals surface area contributed by atoms with Gasteiger partial charge in [0.15, 0.2) is 0 Å². The van der Waals surface area contributed by atoms with Gasteiger partial charge in [-0.05, 0) is 63.7 Å². The Kier molecular flexibility index (Phi) is 3.32. The predicted octanol–water partition coefficient (Wildman–Crippen LogP) is 4.53. The van der Waals surface area contributed by atoms with Crippen molar-refractivity contribution in [2.24, 2.45) is 0 Å². The van der Waals surface area contributed by atoms with Crippen LogP contribution in [0.25, 0.3) is 0 Å². The van der Waals surface area contributed by atoms with Gasteiger partial charge in [0, 0.05) is 38.6 Å². The molecule has 0 saturated carbocycles. The van der Waals surface area contributed by atoms with Crippen molar-refractivity contribution in [2.45, 2.75) is 58.5 Å². The summed E-state index contributed by atoms with van der Waals surface area (Å²) in [5, 5.41) is 20.2.